The Morgan fingerprint density at radius 2 is 2.29 bits per heavy atom. The SMILES string of the molecule is N#Cc1c(F)cccc1NCC1CC1. The smallest absolute Gasteiger partial charge is 0.143 e. The highest BCUT2D eigenvalue weighted by Gasteiger charge is 2.21. The summed E-state index contributed by atoms with van der Waals surface area (Å²) in [6.45, 7) is 0.845. The molecule has 2 rings (SSSR count). The summed E-state index contributed by atoms with van der Waals surface area (Å²) in [6.07, 6.45) is 2.48. The summed E-state index contributed by atoms with van der Waals surface area (Å²) in [5.41, 5.74) is 0.729. The number of benzene rings is 1. The van der Waals surface area contributed by atoms with Crippen LogP contribution in [0.25, 0.3) is 0 Å². The average Bonchev–Trinajstić information content (AvgIpc) is 2.98. The first-order valence-electron chi connectivity index (χ1n) is 4.73. The molecule has 0 unspecified atom stereocenters. The van der Waals surface area contributed by atoms with E-state index in [0.29, 0.717) is 11.6 Å². The first-order valence-corrected chi connectivity index (χ1v) is 4.73. The van der Waals surface area contributed by atoms with Crippen LogP contribution in [0.3, 0.4) is 0 Å². The molecule has 2 nitrogen and oxygen atoms in total. The normalized spacial score (nSPS) is 14.9. The first kappa shape index (κ1) is 9.01. The Morgan fingerprint density at radius 3 is 2.93 bits per heavy atom. The molecule has 0 aliphatic heterocycles. The number of anilines is 1. The Labute approximate surface area is 82.4 Å². The van der Waals surface area contributed by atoms with Crippen LogP contribution in [0.4, 0.5) is 10.1 Å². The zero-order valence-electron chi connectivity index (χ0n) is 7.76. The van der Waals surface area contributed by atoms with E-state index >= 15 is 0 Å². The van der Waals surface area contributed by atoms with Gasteiger partial charge in [0.25, 0.3) is 0 Å². The Hall–Kier alpha value is -1.56. The van der Waals surface area contributed by atoms with Crippen LogP contribution in [0.1, 0.15) is 18.4 Å². The first-order chi connectivity index (χ1) is 6.81. The second-order valence-electron chi connectivity index (χ2n) is 3.60. The molecule has 0 saturated heterocycles. The van der Waals surface area contributed by atoms with Crippen molar-refractivity contribution in [1.82, 2.24) is 0 Å². The molecule has 0 spiro atoms. The van der Waals surface area contributed by atoms with Crippen LogP contribution in [0, 0.1) is 23.1 Å². The van der Waals surface area contributed by atoms with E-state index in [2.05, 4.69) is 5.32 Å². The van der Waals surface area contributed by atoms with Gasteiger partial charge in [-0.1, -0.05) is 6.07 Å². The summed E-state index contributed by atoms with van der Waals surface area (Å²) in [6, 6.07) is 6.53. The minimum atomic E-state index is -0.451. The van der Waals surface area contributed by atoms with Crippen LogP contribution in [-0.2, 0) is 0 Å². The maximum absolute atomic E-state index is 13.1. The zero-order chi connectivity index (χ0) is 9.97. The fourth-order valence-electron chi connectivity index (χ4n) is 1.36. The Balaban J connectivity index is 2.14. The third-order valence-electron chi connectivity index (χ3n) is 2.40. The highest BCUT2D eigenvalue weighted by Crippen LogP contribution is 2.29. The largest absolute Gasteiger partial charge is 0.384 e. The highest BCUT2D eigenvalue weighted by molar-refractivity contribution is 5.57. The monoisotopic (exact) mass is 190 g/mol. The summed E-state index contributed by atoms with van der Waals surface area (Å²) in [5.74, 6) is 0.262. The minimum Gasteiger partial charge on any atom is -0.384 e. The minimum absolute atomic E-state index is 0.119. The molecule has 14 heavy (non-hydrogen) atoms. The fourth-order valence-corrected chi connectivity index (χ4v) is 1.36. The molecule has 0 atom stereocenters. The third kappa shape index (κ3) is 1.85. The summed E-state index contributed by atoms with van der Waals surface area (Å²) in [4.78, 5) is 0. The van der Waals surface area contributed by atoms with Crippen LogP contribution >= 0.6 is 0 Å². The zero-order valence-corrected chi connectivity index (χ0v) is 7.76. The molecule has 1 aliphatic carbocycles. The van der Waals surface area contributed by atoms with Crippen molar-refractivity contribution in [1.29, 1.82) is 5.26 Å². The van der Waals surface area contributed by atoms with Crippen LogP contribution < -0.4 is 5.32 Å². The number of nitrogens with one attached hydrogen (secondary N) is 1. The van der Waals surface area contributed by atoms with E-state index in [9.17, 15) is 4.39 Å². The molecular weight excluding hydrogens is 179 g/mol. The Kier molecular flexibility index (Phi) is 2.36. The molecule has 0 heterocycles. The number of nitriles is 1. The Bertz CT molecular complexity index is 377. The van der Waals surface area contributed by atoms with Crippen molar-refractivity contribution >= 4 is 5.69 Å². The van der Waals surface area contributed by atoms with Crippen LogP contribution in [0.2, 0.25) is 0 Å². The molecule has 1 saturated carbocycles. The summed E-state index contributed by atoms with van der Waals surface area (Å²) >= 11 is 0. The van der Waals surface area contributed by atoms with Gasteiger partial charge in [0.2, 0.25) is 0 Å². The number of rotatable bonds is 3. The molecule has 1 aromatic rings. The number of halogens is 1. The van der Waals surface area contributed by atoms with E-state index in [-0.39, 0.29) is 5.56 Å². The van der Waals surface area contributed by atoms with Gasteiger partial charge in [0.1, 0.15) is 17.4 Å². The lowest BCUT2D eigenvalue weighted by molar-refractivity contribution is 0.624. The van der Waals surface area contributed by atoms with Crippen LogP contribution in [-0.4, -0.2) is 6.54 Å². The van der Waals surface area contributed by atoms with Gasteiger partial charge in [0, 0.05) is 6.54 Å². The predicted octanol–water partition coefficient (Wildman–Crippen LogP) is 2.52. The van der Waals surface area contributed by atoms with Crippen molar-refractivity contribution in [2.24, 2.45) is 5.92 Å². The van der Waals surface area contributed by atoms with Crippen molar-refractivity contribution in [3.8, 4) is 6.07 Å². The van der Waals surface area contributed by atoms with Gasteiger partial charge >= 0.3 is 0 Å². The van der Waals surface area contributed by atoms with Gasteiger partial charge in [-0.25, -0.2) is 4.39 Å². The van der Waals surface area contributed by atoms with Crippen LogP contribution in [0.15, 0.2) is 18.2 Å². The second-order valence-corrected chi connectivity index (χ2v) is 3.60. The molecule has 0 amide bonds. The summed E-state index contributed by atoms with van der Waals surface area (Å²) < 4.78 is 13.1. The van der Waals surface area contributed by atoms with Gasteiger partial charge in [0.15, 0.2) is 0 Å². The summed E-state index contributed by atoms with van der Waals surface area (Å²) in [5, 5.41) is 11.9. The van der Waals surface area contributed by atoms with Crippen molar-refractivity contribution < 1.29 is 4.39 Å². The molecule has 72 valence electrons. The van der Waals surface area contributed by atoms with E-state index in [0.717, 1.165) is 6.54 Å². The number of hydrogen-bond donors (Lipinski definition) is 1. The third-order valence-corrected chi connectivity index (χ3v) is 2.40. The molecule has 1 fully saturated rings. The standard InChI is InChI=1S/C11H11FN2/c12-10-2-1-3-11(9(10)6-13)14-7-8-4-5-8/h1-3,8,14H,4-5,7H2. The van der Waals surface area contributed by atoms with E-state index < -0.39 is 5.82 Å². The molecule has 3 heteroatoms. The van der Waals surface area contributed by atoms with E-state index in [1.54, 1.807) is 12.1 Å². The molecule has 1 N–H and O–H groups in total. The average molecular weight is 190 g/mol. The van der Waals surface area contributed by atoms with Gasteiger partial charge in [-0.3, -0.25) is 0 Å². The van der Waals surface area contributed by atoms with E-state index in [4.69, 9.17) is 5.26 Å². The van der Waals surface area contributed by atoms with Crippen LogP contribution in [0.5, 0.6) is 0 Å². The number of hydrogen-bond acceptors (Lipinski definition) is 2. The predicted molar refractivity (Wildman–Crippen MR) is 52.3 cm³/mol. The quantitative estimate of drug-likeness (QED) is 0.794. The van der Waals surface area contributed by atoms with Crippen molar-refractivity contribution in [3.63, 3.8) is 0 Å². The van der Waals surface area contributed by atoms with Gasteiger partial charge in [-0.05, 0) is 30.9 Å². The van der Waals surface area contributed by atoms with Gasteiger partial charge in [0.05, 0.1) is 5.69 Å². The molecule has 0 bridgehead atoms. The van der Waals surface area contributed by atoms with Gasteiger partial charge in [-0.2, -0.15) is 5.26 Å². The topological polar surface area (TPSA) is 35.8 Å². The van der Waals surface area contributed by atoms with Crippen molar-refractivity contribution in [2.45, 2.75) is 12.8 Å². The molecule has 0 radical (unpaired) electrons. The Morgan fingerprint density at radius 1 is 1.50 bits per heavy atom. The van der Waals surface area contributed by atoms with Gasteiger partial charge in [-0.15, -0.1) is 0 Å². The second kappa shape index (κ2) is 3.67. The van der Waals surface area contributed by atoms with Crippen molar-refractivity contribution in [2.75, 3.05) is 11.9 Å². The maximum atomic E-state index is 13.1. The highest BCUT2D eigenvalue weighted by atomic mass is 19.1. The molecule has 1 aliphatic rings. The van der Waals surface area contributed by atoms with Gasteiger partial charge < -0.3 is 5.32 Å². The maximum Gasteiger partial charge on any atom is 0.143 e. The lowest BCUT2D eigenvalue weighted by Gasteiger charge is -2.07. The molecular formula is C11H11FN2. The fraction of sp³-hybridized carbons (Fsp3) is 0.364. The lowest BCUT2D eigenvalue weighted by Crippen LogP contribution is -2.05. The van der Waals surface area contributed by atoms with E-state index in [1.807, 2.05) is 6.07 Å². The number of nitrogens with zero attached hydrogens (tertiary/aromatic N) is 1. The van der Waals surface area contributed by atoms with E-state index in [1.165, 1.54) is 18.9 Å². The lowest BCUT2D eigenvalue weighted by atomic mass is 10.2. The van der Waals surface area contributed by atoms with Crippen molar-refractivity contribution in [3.05, 3.63) is 29.6 Å². The molecule has 0 aromatic heterocycles. The summed E-state index contributed by atoms with van der Waals surface area (Å²) in [7, 11) is 0. The molecule has 1 aromatic carbocycles.